The molecule has 0 atom stereocenters. The third kappa shape index (κ3) is 8.61. The molecule has 0 heterocycles. The number of ether oxygens (including phenoxy) is 1. The van der Waals surface area contributed by atoms with Gasteiger partial charge < -0.3 is 19.3 Å². The Morgan fingerprint density at radius 1 is 1.14 bits per heavy atom. The van der Waals surface area contributed by atoms with Gasteiger partial charge in [-0.05, 0) is 20.8 Å². The highest BCUT2D eigenvalue weighted by Gasteiger charge is 2.23. The molecule has 0 aliphatic heterocycles. The second-order valence-corrected chi connectivity index (χ2v) is 5.40. The lowest BCUT2D eigenvalue weighted by Gasteiger charge is -2.24. The number of carbonyl (C=O) groups is 4. The minimum atomic E-state index is -0.787. The zero-order valence-corrected chi connectivity index (χ0v) is 13.0. The molecule has 0 bridgehead atoms. The van der Waals surface area contributed by atoms with Crippen molar-refractivity contribution in [2.75, 3.05) is 20.6 Å². The summed E-state index contributed by atoms with van der Waals surface area (Å²) < 4.78 is 5.07. The van der Waals surface area contributed by atoms with Gasteiger partial charge in [0, 0.05) is 26.9 Å². The molecule has 0 spiro atoms. The predicted octanol–water partition coefficient (Wildman–Crippen LogP) is 0.749. The molecule has 0 fully saturated rings. The lowest BCUT2D eigenvalue weighted by molar-refractivity contribution is -0.193. The number of likely N-dealkylation sites (N-methyl/N-ethyl adjacent to an activating group) is 1. The molecule has 8 heteroatoms. The van der Waals surface area contributed by atoms with E-state index in [1.807, 2.05) is 0 Å². The average molecular weight is 302 g/mol. The number of amides is 2. The van der Waals surface area contributed by atoms with E-state index in [0.717, 1.165) is 9.96 Å². The molecule has 0 aliphatic rings. The Hall–Kier alpha value is -2.12. The summed E-state index contributed by atoms with van der Waals surface area (Å²) in [5.41, 5.74) is -0.670. The molecule has 21 heavy (non-hydrogen) atoms. The molecular weight excluding hydrogens is 280 g/mol. The van der Waals surface area contributed by atoms with Crippen LogP contribution in [-0.2, 0) is 24.0 Å². The van der Waals surface area contributed by atoms with Crippen LogP contribution in [0.2, 0.25) is 0 Å². The average Bonchev–Trinajstić information content (AvgIpc) is 2.33. The first-order valence-corrected chi connectivity index (χ1v) is 6.42. The molecule has 120 valence electrons. The molecule has 2 amide bonds. The summed E-state index contributed by atoms with van der Waals surface area (Å²) in [6.07, 6.45) is -0.0632. The molecule has 8 nitrogen and oxygen atoms in total. The van der Waals surface area contributed by atoms with Crippen molar-refractivity contribution in [1.29, 1.82) is 0 Å². The van der Waals surface area contributed by atoms with Crippen molar-refractivity contribution < 1.29 is 28.8 Å². The highest BCUT2D eigenvalue weighted by Crippen LogP contribution is 2.09. The van der Waals surface area contributed by atoms with Crippen LogP contribution in [0, 0.1) is 0 Å². The van der Waals surface area contributed by atoms with Crippen molar-refractivity contribution in [2.45, 2.75) is 39.2 Å². The van der Waals surface area contributed by atoms with Gasteiger partial charge in [-0.25, -0.2) is 9.59 Å². The predicted molar refractivity (Wildman–Crippen MR) is 73.0 cm³/mol. The molecule has 0 radical (unpaired) electrons. The van der Waals surface area contributed by atoms with E-state index >= 15 is 0 Å². The van der Waals surface area contributed by atoms with E-state index in [0.29, 0.717) is 6.29 Å². The van der Waals surface area contributed by atoms with E-state index in [2.05, 4.69) is 0 Å². The number of hydrogen-bond acceptors (Lipinski definition) is 6. The van der Waals surface area contributed by atoms with E-state index in [-0.39, 0.29) is 19.4 Å². The van der Waals surface area contributed by atoms with Crippen molar-refractivity contribution in [3.63, 3.8) is 0 Å². The standard InChI is InChI=1S/C13H22N2O6/c1-13(2,3)20-12(19)14(4)9-11(18)21-15(5)10(17)7-6-8-16/h8H,6-7,9H2,1-5H3. The maximum Gasteiger partial charge on any atom is 0.410 e. The van der Waals surface area contributed by atoms with Crippen molar-refractivity contribution in [3.8, 4) is 0 Å². The molecule has 0 aliphatic carbocycles. The Morgan fingerprint density at radius 3 is 2.19 bits per heavy atom. The van der Waals surface area contributed by atoms with Gasteiger partial charge >= 0.3 is 12.1 Å². The Morgan fingerprint density at radius 2 is 1.71 bits per heavy atom. The van der Waals surface area contributed by atoms with Gasteiger partial charge in [-0.2, -0.15) is 5.06 Å². The largest absolute Gasteiger partial charge is 0.444 e. The summed E-state index contributed by atoms with van der Waals surface area (Å²) in [5, 5.41) is 0.745. The van der Waals surface area contributed by atoms with Gasteiger partial charge in [0.25, 0.3) is 5.91 Å². The minimum Gasteiger partial charge on any atom is -0.444 e. The van der Waals surface area contributed by atoms with Crippen LogP contribution in [0.4, 0.5) is 4.79 Å². The third-order valence-electron chi connectivity index (χ3n) is 2.14. The molecule has 0 unspecified atom stereocenters. The lowest BCUT2D eigenvalue weighted by Crippen LogP contribution is -2.40. The van der Waals surface area contributed by atoms with Crippen LogP contribution in [0.15, 0.2) is 0 Å². The Bertz CT molecular complexity index is 402. The number of rotatable bonds is 5. The lowest BCUT2D eigenvalue weighted by atomic mass is 10.2. The van der Waals surface area contributed by atoms with Gasteiger partial charge in [0.05, 0.1) is 0 Å². The van der Waals surface area contributed by atoms with Crippen molar-refractivity contribution >= 4 is 24.3 Å². The topological polar surface area (TPSA) is 93.2 Å². The quantitative estimate of drug-likeness (QED) is 0.549. The number of aldehydes is 1. The summed E-state index contributed by atoms with van der Waals surface area (Å²) in [6, 6.07) is 0. The molecule has 0 aromatic rings. The van der Waals surface area contributed by atoms with Crippen LogP contribution >= 0.6 is 0 Å². The SMILES string of the molecule is CN(CC(=O)ON(C)C(=O)CCC=O)C(=O)OC(C)(C)C. The van der Waals surface area contributed by atoms with Crippen LogP contribution in [0.1, 0.15) is 33.6 Å². The van der Waals surface area contributed by atoms with Gasteiger partial charge in [-0.1, -0.05) is 0 Å². The highest BCUT2D eigenvalue weighted by atomic mass is 16.7. The molecule has 0 aromatic heterocycles. The molecule has 0 aromatic carbocycles. The molecule has 0 saturated heterocycles. The number of hydroxylamine groups is 2. The normalized spacial score (nSPS) is 10.5. The highest BCUT2D eigenvalue weighted by molar-refractivity contribution is 5.81. The van der Waals surface area contributed by atoms with Crippen molar-refractivity contribution in [3.05, 3.63) is 0 Å². The third-order valence-corrected chi connectivity index (χ3v) is 2.14. The fourth-order valence-corrected chi connectivity index (χ4v) is 1.17. The summed E-state index contributed by atoms with van der Waals surface area (Å²) in [6.45, 7) is 4.75. The molecule has 0 N–H and O–H groups in total. The van der Waals surface area contributed by atoms with E-state index in [4.69, 9.17) is 9.57 Å². The molecule has 0 saturated carbocycles. The first kappa shape index (κ1) is 18.9. The number of carbonyl (C=O) groups excluding carboxylic acids is 4. The summed E-state index contributed by atoms with van der Waals surface area (Å²) in [7, 11) is 2.64. The Labute approximate surface area is 123 Å². The van der Waals surface area contributed by atoms with E-state index in [1.54, 1.807) is 20.8 Å². The second kappa shape index (κ2) is 8.23. The summed E-state index contributed by atoms with van der Waals surface area (Å²) >= 11 is 0. The van der Waals surface area contributed by atoms with Crippen molar-refractivity contribution in [2.24, 2.45) is 0 Å². The number of nitrogens with zero attached hydrogens (tertiary/aromatic N) is 2. The van der Waals surface area contributed by atoms with Gasteiger partial charge in [0.2, 0.25) is 0 Å². The van der Waals surface area contributed by atoms with Crippen LogP contribution in [-0.4, -0.2) is 60.5 Å². The zero-order chi connectivity index (χ0) is 16.6. The van der Waals surface area contributed by atoms with E-state index in [9.17, 15) is 19.2 Å². The Kier molecular flexibility index (Phi) is 7.40. The van der Waals surface area contributed by atoms with Crippen LogP contribution in [0.3, 0.4) is 0 Å². The van der Waals surface area contributed by atoms with E-state index < -0.39 is 23.6 Å². The van der Waals surface area contributed by atoms with Crippen molar-refractivity contribution in [1.82, 2.24) is 9.96 Å². The van der Waals surface area contributed by atoms with Gasteiger partial charge in [-0.3, -0.25) is 4.79 Å². The first-order valence-electron chi connectivity index (χ1n) is 6.42. The van der Waals surface area contributed by atoms with Gasteiger partial charge in [-0.15, -0.1) is 0 Å². The maximum absolute atomic E-state index is 11.6. The minimum absolute atomic E-state index is 0.0464. The monoisotopic (exact) mass is 302 g/mol. The van der Waals surface area contributed by atoms with Crippen LogP contribution in [0.25, 0.3) is 0 Å². The van der Waals surface area contributed by atoms with Crippen LogP contribution in [0.5, 0.6) is 0 Å². The van der Waals surface area contributed by atoms with Crippen LogP contribution < -0.4 is 0 Å². The fraction of sp³-hybridized carbons (Fsp3) is 0.692. The second-order valence-electron chi connectivity index (χ2n) is 5.40. The molecular formula is C13H22N2O6. The first-order chi connectivity index (χ1) is 9.56. The molecule has 0 rings (SSSR count). The summed E-state index contributed by atoms with van der Waals surface area (Å²) in [5.74, 6) is -1.29. The summed E-state index contributed by atoms with van der Waals surface area (Å²) in [4.78, 5) is 50.6. The van der Waals surface area contributed by atoms with Gasteiger partial charge in [0.15, 0.2) is 0 Å². The van der Waals surface area contributed by atoms with Gasteiger partial charge in [0.1, 0.15) is 18.4 Å². The maximum atomic E-state index is 11.6. The Balaban J connectivity index is 4.27. The zero-order valence-electron chi connectivity index (χ0n) is 13.0. The number of hydrogen-bond donors (Lipinski definition) is 0. The van der Waals surface area contributed by atoms with E-state index in [1.165, 1.54) is 14.1 Å². The fourth-order valence-electron chi connectivity index (χ4n) is 1.17. The smallest absolute Gasteiger partial charge is 0.410 e.